The monoisotopic (exact) mass is 534 g/mol. The van der Waals surface area contributed by atoms with Crippen molar-refractivity contribution in [3.8, 4) is 5.75 Å². The summed E-state index contributed by atoms with van der Waals surface area (Å²) in [6, 6.07) is 5.90. The van der Waals surface area contributed by atoms with E-state index in [0.717, 1.165) is 12.7 Å². The number of carbonyl (C=O) groups is 1. The smallest absolute Gasteiger partial charge is 0.459 e. The number of nitrogens with zero attached hydrogens (tertiary/aromatic N) is 4. The Balaban J connectivity index is 1.79. The second-order valence-electron chi connectivity index (χ2n) is 7.49. The van der Waals surface area contributed by atoms with Gasteiger partial charge in [0, 0.05) is 0 Å². The number of nitrogens with one attached hydrogen (secondary N) is 1. The van der Waals surface area contributed by atoms with Crippen molar-refractivity contribution in [3.05, 3.63) is 43.0 Å². The number of halogens is 4. The van der Waals surface area contributed by atoms with Crippen LogP contribution in [-0.2, 0) is 25.2 Å². The first kappa shape index (κ1) is 27.3. The molecule has 0 radical (unpaired) electrons. The van der Waals surface area contributed by atoms with Gasteiger partial charge >= 0.3 is 25.6 Å². The minimum atomic E-state index is -4.84. The molecule has 16 heteroatoms. The lowest BCUT2D eigenvalue weighted by atomic mass is 10.2. The molecule has 0 fully saturated rings. The van der Waals surface area contributed by atoms with Gasteiger partial charge in [-0.05, 0) is 26.0 Å². The number of aromatic nitrogens is 4. The van der Waals surface area contributed by atoms with Gasteiger partial charge in [-0.15, -0.1) is 0 Å². The van der Waals surface area contributed by atoms with Crippen molar-refractivity contribution in [1.82, 2.24) is 24.6 Å². The highest BCUT2D eigenvalue weighted by Crippen LogP contribution is 2.48. The number of nitrogens with two attached hydrogens (primary N) is 1. The zero-order valence-electron chi connectivity index (χ0n) is 19.1. The van der Waals surface area contributed by atoms with Crippen molar-refractivity contribution in [2.75, 3.05) is 18.9 Å². The quantitative estimate of drug-likeness (QED) is 0.202. The first-order valence-corrected chi connectivity index (χ1v) is 12.0. The van der Waals surface area contributed by atoms with Crippen LogP contribution in [-0.4, -0.2) is 56.6 Å². The summed E-state index contributed by atoms with van der Waals surface area (Å²) in [7, 11) is -4.78. The minimum absolute atomic E-state index is 0.0145. The van der Waals surface area contributed by atoms with Crippen molar-refractivity contribution in [1.29, 1.82) is 0 Å². The summed E-state index contributed by atoms with van der Waals surface area (Å²) in [5, 5.41) is 2.14. The molecule has 0 aliphatic carbocycles. The zero-order chi connectivity index (χ0) is 26.6. The lowest BCUT2D eigenvalue weighted by Crippen LogP contribution is -2.47. The van der Waals surface area contributed by atoms with E-state index in [0.29, 0.717) is 4.57 Å². The lowest BCUT2D eigenvalue weighted by molar-refractivity contribution is -0.227. The minimum Gasteiger partial charge on any atom is -0.465 e. The summed E-state index contributed by atoms with van der Waals surface area (Å²) in [5.41, 5.74) is 5.38. The standard InChI is InChI=1S/C20H23F4N6O5P/c1-3-33-18(31)13(2)29-36(32,35-14-7-5-4-6-8-14)34-10-20(23,24)19(21,22)9-30-12-28-15-16(25)26-11-27-17(15)30/h4-8,11-13H,3,9-10H2,1-2H3,(H,29,32)(H2,25,26,27)/t13-,36?/m0/s1. The fraction of sp³-hybridized carbons (Fsp3) is 0.400. The Kier molecular flexibility index (Phi) is 8.16. The Morgan fingerprint density at radius 1 is 1.17 bits per heavy atom. The molecule has 1 unspecified atom stereocenters. The third-order valence-corrected chi connectivity index (χ3v) is 6.33. The summed E-state index contributed by atoms with van der Waals surface area (Å²) in [6.45, 7) is -0.844. The number of nitrogen functional groups attached to an aromatic ring is 1. The molecule has 36 heavy (non-hydrogen) atoms. The van der Waals surface area contributed by atoms with Crippen LogP contribution >= 0.6 is 7.75 Å². The van der Waals surface area contributed by atoms with Gasteiger partial charge in [0.25, 0.3) is 0 Å². The molecule has 0 saturated carbocycles. The molecule has 3 aromatic rings. The highest BCUT2D eigenvalue weighted by molar-refractivity contribution is 7.52. The van der Waals surface area contributed by atoms with E-state index < -0.39 is 44.8 Å². The molecule has 0 saturated heterocycles. The fourth-order valence-electron chi connectivity index (χ4n) is 2.88. The molecule has 3 rings (SSSR count). The molecule has 2 aromatic heterocycles. The average molecular weight is 534 g/mol. The number of esters is 1. The Morgan fingerprint density at radius 2 is 1.86 bits per heavy atom. The van der Waals surface area contributed by atoms with E-state index in [1.807, 2.05) is 0 Å². The second kappa shape index (κ2) is 10.8. The van der Waals surface area contributed by atoms with E-state index >= 15 is 0 Å². The molecule has 0 bridgehead atoms. The molecule has 0 amide bonds. The maximum absolute atomic E-state index is 14.7. The highest BCUT2D eigenvalue weighted by atomic mass is 31.2. The van der Waals surface area contributed by atoms with Gasteiger partial charge in [-0.2, -0.15) is 22.6 Å². The van der Waals surface area contributed by atoms with Gasteiger partial charge in [-0.25, -0.2) is 19.5 Å². The molecule has 0 aliphatic rings. The van der Waals surface area contributed by atoms with Crippen molar-refractivity contribution in [3.63, 3.8) is 0 Å². The van der Waals surface area contributed by atoms with E-state index in [9.17, 15) is 26.9 Å². The normalized spacial score (nSPS) is 14.8. The van der Waals surface area contributed by atoms with Gasteiger partial charge in [0.1, 0.15) is 30.2 Å². The largest absolute Gasteiger partial charge is 0.465 e. The predicted octanol–water partition coefficient (Wildman–Crippen LogP) is 3.42. The van der Waals surface area contributed by atoms with Crippen LogP contribution < -0.4 is 15.3 Å². The summed E-state index contributed by atoms with van der Waals surface area (Å²) in [4.78, 5) is 23.1. The van der Waals surface area contributed by atoms with Crippen LogP contribution in [0.25, 0.3) is 11.2 Å². The topological polar surface area (TPSA) is 143 Å². The summed E-state index contributed by atoms with van der Waals surface area (Å²) >= 11 is 0. The number of fused-ring (bicyclic) bond motifs is 1. The van der Waals surface area contributed by atoms with Gasteiger partial charge in [0.15, 0.2) is 11.5 Å². The number of para-hydroxylation sites is 1. The zero-order valence-corrected chi connectivity index (χ0v) is 20.0. The SMILES string of the molecule is CCOC(=O)[C@H](C)NP(=O)(OCC(F)(F)C(F)(F)Cn1cnc2c(N)ncnc21)Oc1ccccc1. The number of ether oxygens (including phenoxy) is 1. The number of hydrogen-bond acceptors (Lipinski definition) is 9. The van der Waals surface area contributed by atoms with Crippen LogP contribution in [0, 0.1) is 0 Å². The summed E-state index contributed by atoms with van der Waals surface area (Å²) in [6.07, 6.45) is 1.84. The Labute approximate surface area is 202 Å². The number of carbonyl (C=O) groups excluding carboxylic acids is 1. The summed E-state index contributed by atoms with van der Waals surface area (Å²) < 4.78 is 87.4. The van der Waals surface area contributed by atoms with Gasteiger partial charge in [-0.1, -0.05) is 18.2 Å². The maximum Gasteiger partial charge on any atom is 0.459 e. The maximum atomic E-state index is 14.7. The first-order valence-electron chi connectivity index (χ1n) is 10.5. The molecule has 2 atom stereocenters. The number of rotatable bonds is 12. The molecule has 1 aromatic carbocycles. The van der Waals surface area contributed by atoms with Gasteiger partial charge in [0.05, 0.1) is 19.5 Å². The van der Waals surface area contributed by atoms with Crippen LogP contribution in [0.2, 0.25) is 0 Å². The van der Waals surface area contributed by atoms with Crippen molar-refractivity contribution in [2.45, 2.75) is 38.3 Å². The average Bonchev–Trinajstić information content (AvgIpc) is 3.22. The molecule has 0 aliphatic heterocycles. The van der Waals surface area contributed by atoms with E-state index in [1.165, 1.54) is 38.1 Å². The second-order valence-corrected chi connectivity index (χ2v) is 9.18. The Bertz CT molecular complexity index is 1250. The molecule has 3 N–H and O–H groups in total. The molecule has 0 spiro atoms. The van der Waals surface area contributed by atoms with Crippen LogP contribution in [0.1, 0.15) is 13.8 Å². The molecule has 11 nitrogen and oxygen atoms in total. The van der Waals surface area contributed by atoms with E-state index in [4.69, 9.17) is 19.5 Å². The fourth-order valence-corrected chi connectivity index (χ4v) is 4.37. The molecule has 196 valence electrons. The van der Waals surface area contributed by atoms with E-state index in [2.05, 4.69) is 20.0 Å². The Morgan fingerprint density at radius 3 is 2.53 bits per heavy atom. The number of alkyl halides is 4. The molecular weight excluding hydrogens is 511 g/mol. The van der Waals surface area contributed by atoms with Crippen LogP contribution in [0.3, 0.4) is 0 Å². The van der Waals surface area contributed by atoms with Crippen LogP contribution in [0.15, 0.2) is 43.0 Å². The first-order chi connectivity index (χ1) is 16.9. The van der Waals surface area contributed by atoms with Crippen molar-refractivity contribution < 1.29 is 40.7 Å². The Hall–Kier alpha value is -3.29. The van der Waals surface area contributed by atoms with E-state index in [1.54, 1.807) is 6.07 Å². The van der Waals surface area contributed by atoms with E-state index in [-0.39, 0.29) is 29.3 Å². The van der Waals surface area contributed by atoms with Crippen LogP contribution in [0.4, 0.5) is 23.4 Å². The van der Waals surface area contributed by atoms with Crippen molar-refractivity contribution in [2.24, 2.45) is 0 Å². The third kappa shape index (κ3) is 6.28. The van der Waals surface area contributed by atoms with Gasteiger partial charge in [0.2, 0.25) is 0 Å². The number of imidazole rings is 1. The molecule has 2 heterocycles. The van der Waals surface area contributed by atoms with Crippen LogP contribution in [0.5, 0.6) is 5.75 Å². The third-order valence-electron chi connectivity index (χ3n) is 4.71. The highest BCUT2D eigenvalue weighted by Gasteiger charge is 2.58. The number of benzene rings is 1. The summed E-state index contributed by atoms with van der Waals surface area (Å²) in [5.74, 6) is -10.6. The molecular formula is C20H23F4N6O5P. The van der Waals surface area contributed by atoms with Gasteiger partial charge in [-0.3, -0.25) is 9.32 Å². The van der Waals surface area contributed by atoms with Crippen molar-refractivity contribution >= 4 is 30.7 Å². The lowest BCUT2D eigenvalue weighted by Gasteiger charge is -2.29. The number of hydrogen-bond donors (Lipinski definition) is 2. The van der Waals surface area contributed by atoms with Gasteiger partial charge < -0.3 is 19.6 Å². The number of anilines is 1. The predicted molar refractivity (Wildman–Crippen MR) is 119 cm³/mol.